The number of aryl methyl sites for hydroxylation is 1. The number of rotatable bonds is 4. The largest absolute Gasteiger partial charge is 0.290 e. The van der Waals surface area contributed by atoms with Crippen LogP contribution in [-0.4, -0.2) is 26.4 Å². The van der Waals surface area contributed by atoms with Gasteiger partial charge in [0.15, 0.2) is 4.96 Å². The molecule has 2 heterocycles. The van der Waals surface area contributed by atoms with Crippen LogP contribution in [0.25, 0.3) is 4.96 Å². The molecule has 9 heteroatoms. The van der Waals surface area contributed by atoms with Gasteiger partial charge >= 0.3 is 0 Å². The smallest absolute Gasteiger partial charge is 0.286 e. The molecule has 0 saturated heterocycles. The second kappa shape index (κ2) is 5.97. The maximum atomic E-state index is 12.2. The van der Waals surface area contributed by atoms with Gasteiger partial charge in [0, 0.05) is 17.6 Å². The molecule has 0 radical (unpaired) electrons. The molecule has 1 aromatic carbocycles. The van der Waals surface area contributed by atoms with Crippen LogP contribution in [0.5, 0.6) is 0 Å². The van der Waals surface area contributed by atoms with Crippen LogP contribution in [0.4, 0.5) is 5.69 Å². The van der Waals surface area contributed by atoms with Gasteiger partial charge in [-0.2, -0.15) is 5.10 Å². The summed E-state index contributed by atoms with van der Waals surface area (Å²) in [5.41, 5.74) is 3.59. The molecule has 0 aliphatic heterocycles. The van der Waals surface area contributed by atoms with Gasteiger partial charge in [0.05, 0.1) is 22.4 Å². The first kappa shape index (κ1) is 14.9. The van der Waals surface area contributed by atoms with Gasteiger partial charge in [-0.05, 0) is 13.0 Å². The zero-order chi connectivity index (χ0) is 16.4. The molecule has 0 atom stereocenters. The number of fused-ring (bicyclic) bond motifs is 1. The number of nitro groups is 1. The molecule has 0 aliphatic carbocycles. The molecule has 0 bridgehead atoms. The summed E-state index contributed by atoms with van der Waals surface area (Å²) in [5.74, 6) is -0.428. The Bertz CT molecular complexity index is 928. The number of nitro benzene ring substituents is 1. The van der Waals surface area contributed by atoms with Crippen molar-refractivity contribution in [3.63, 3.8) is 0 Å². The minimum Gasteiger partial charge on any atom is -0.286 e. The molecule has 2 aromatic heterocycles. The van der Waals surface area contributed by atoms with E-state index < -0.39 is 10.8 Å². The number of hydrogen-bond acceptors (Lipinski definition) is 6. The Labute approximate surface area is 134 Å². The number of benzene rings is 1. The van der Waals surface area contributed by atoms with Gasteiger partial charge < -0.3 is 0 Å². The van der Waals surface area contributed by atoms with Crippen LogP contribution in [0.2, 0.25) is 0 Å². The quantitative estimate of drug-likeness (QED) is 0.451. The Balaban J connectivity index is 1.81. The van der Waals surface area contributed by atoms with Gasteiger partial charge in [0.2, 0.25) is 0 Å². The highest BCUT2D eigenvalue weighted by atomic mass is 32.1. The lowest BCUT2D eigenvalue weighted by molar-refractivity contribution is -0.385. The lowest BCUT2D eigenvalue weighted by Crippen LogP contribution is -2.20. The molecule has 3 aromatic rings. The van der Waals surface area contributed by atoms with Crippen molar-refractivity contribution >= 4 is 34.1 Å². The van der Waals surface area contributed by atoms with Crippen molar-refractivity contribution in [3.8, 4) is 0 Å². The summed E-state index contributed by atoms with van der Waals surface area (Å²) >= 11 is 1.42. The Kier molecular flexibility index (Phi) is 3.85. The van der Waals surface area contributed by atoms with E-state index in [9.17, 15) is 14.9 Å². The molecule has 0 spiro atoms. The van der Waals surface area contributed by atoms with Gasteiger partial charge in [0.1, 0.15) is 5.69 Å². The zero-order valence-corrected chi connectivity index (χ0v) is 12.8. The van der Waals surface area contributed by atoms with Gasteiger partial charge in [-0.1, -0.05) is 12.1 Å². The molecule has 1 amide bonds. The third-order valence-electron chi connectivity index (χ3n) is 3.15. The number of hydrogen-bond donors (Lipinski definition) is 1. The van der Waals surface area contributed by atoms with E-state index in [2.05, 4.69) is 15.5 Å². The van der Waals surface area contributed by atoms with Crippen molar-refractivity contribution in [3.05, 3.63) is 62.9 Å². The number of nitrogens with zero attached hydrogens (tertiary/aromatic N) is 4. The highest BCUT2D eigenvalue weighted by Crippen LogP contribution is 2.17. The number of hydrazone groups is 1. The summed E-state index contributed by atoms with van der Waals surface area (Å²) in [6.45, 7) is 1.74. The van der Waals surface area contributed by atoms with E-state index in [0.29, 0.717) is 17.0 Å². The lowest BCUT2D eigenvalue weighted by atomic mass is 10.2. The molecule has 0 fully saturated rings. The standard InChI is InChI=1S/C14H11N5O3S/c1-9-12(18-6-7-23-14(18)16-9)13(20)17-15-8-10-4-2-3-5-11(10)19(21)22/h2-8H,1H3,(H,17,20)/b15-8-. The van der Waals surface area contributed by atoms with Gasteiger partial charge in [-0.3, -0.25) is 19.3 Å². The van der Waals surface area contributed by atoms with E-state index in [4.69, 9.17) is 0 Å². The average Bonchev–Trinajstić information content (AvgIpc) is 3.07. The fourth-order valence-electron chi connectivity index (χ4n) is 2.14. The molecule has 0 unspecified atom stereocenters. The third-order valence-corrected chi connectivity index (χ3v) is 3.91. The van der Waals surface area contributed by atoms with E-state index in [1.54, 1.807) is 35.7 Å². The predicted molar refractivity (Wildman–Crippen MR) is 86.0 cm³/mol. The van der Waals surface area contributed by atoms with E-state index in [0.717, 1.165) is 4.96 Å². The van der Waals surface area contributed by atoms with Crippen molar-refractivity contribution in [1.82, 2.24) is 14.8 Å². The first-order chi connectivity index (χ1) is 11.1. The monoisotopic (exact) mass is 329 g/mol. The summed E-state index contributed by atoms with van der Waals surface area (Å²) in [7, 11) is 0. The van der Waals surface area contributed by atoms with Gasteiger partial charge in [-0.25, -0.2) is 10.4 Å². The fraction of sp³-hybridized carbons (Fsp3) is 0.0714. The highest BCUT2D eigenvalue weighted by molar-refractivity contribution is 7.15. The Hall–Kier alpha value is -3.07. The topological polar surface area (TPSA) is 102 Å². The lowest BCUT2D eigenvalue weighted by Gasteiger charge is -2.00. The molecular formula is C14H11N5O3S. The fourth-order valence-corrected chi connectivity index (χ4v) is 2.90. The maximum absolute atomic E-state index is 12.2. The first-order valence-electron chi connectivity index (χ1n) is 6.57. The molecule has 116 valence electrons. The molecule has 3 rings (SSSR count). The molecule has 23 heavy (non-hydrogen) atoms. The first-order valence-corrected chi connectivity index (χ1v) is 7.45. The highest BCUT2D eigenvalue weighted by Gasteiger charge is 2.17. The van der Waals surface area contributed by atoms with E-state index in [-0.39, 0.29) is 5.69 Å². The van der Waals surface area contributed by atoms with Crippen molar-refractivity contribution in [1.29, 1.82) is 0 Å². The summed E-state index contributed by atoms with van der Waals surface area (Å²) in [6.07, 6.45) is 3.00. The number of amides is 1. The number of carbonyl (C=O) groups excluding carboxylic acids is 1. The molecule has 0 saturated carbocycles. The van der Waals surface area contributed by atoms with Crippen molar-refractivity contribution < 1.29 is 9.72 Å². The molecule has 1 N–H and O–H groups in total. The van der Waals surface area contributed by atoms with Crippen LogP contribution in [0.3, 0.4) is 0 Å². The van der Waals surface area contributed by atoms with E-state index >= 15 is 0 Å². The minimum absolute atomic E-state index is 0.0775. The van der Waals surface area contributed by atoms with Crippen LogP contribution in [-0.2, 0) is 0 Å². The van der Waals surface area contributed by atoms with E-state index in [1.807, 2.05) is 5.38 Å². The average molecular weight is 329 g/mol. The van der Waals surface area contributed by atoms with Crippen LogP contribution in [0.1, 0.15) is 21.7 Å². The Morgan fingerprint density at radius 3 is 3.04 bits per heavy atom. The van der Waals surface area contributed by atoms with Gasteiger partial charge in [-0.15, -0.1) is 11.3 Å². The number of imidazole rings is 1. The van der Waals surface area contributed by atoms with Crippen molar-refractivity contribution in [2.24, 2.45) is 5.10 Å². The van der Waals surface area contributed by atoms with Crippen LogP contribution >= 0.6 is 11.3 Å². The Morgan fingerprint density at radius 1 is 1.48 bits per heavy atom. The predicted octanol–water partition coefficient (Wildman–Crippen LogP) is 2.38. The number of para-hydroxylation sites is 1. The number of carbonyl (C=O) groups is 1. The molecule has 8 nitrogen and oxygen atoms in total. The number of nitrogens with one attached hydrogen (secondary N) is 1. The second-order valence-corrected chi connectivity index (χ2v) is 5.49. The normalized spacial score (nSPS) is 11.2. The minimum atomic E-state index is -0.501. The van der Waals surface area contributed by atoms with Crippen molar-refractivity contribution in [2.45, 2.75) is 6.92 Å². The zero-order valence-electron chi connectivity index (χ0n) is 12.0. The Morgan fingerprint density at radius 2 is 2.26 bits per heavy atom. The van der Waals surface area contributed by atoms with Crippen LogP contribution < -0.4 is 5.43 Å². The summed E-state index contributed by atoms with van der Waals surface area (Å²) in [6, 6.07) is 6.15. The van der Waals surface area contributed by atoms with Crippen LogP contribution in [0, 0.1) is 17.0 Å². The van der Waals surface area contributed by atoms with Gasteiger partial charge in [0.25, 0.3) is 11.6 Å². The molecular weight excluding hydrogens is 318 g/mol. The summed E-state index contributed by atoms with van der Waals surface area (Å²) in [4.78, 5) is 27.6. The summed E-state index contributed by atoms with van der Waals surface area (Å²) in [5, 5.41) is 16.5. The van der Waals surface area contributed by atoms with Crippen molar-refractivity contribution in [2.75, 3.05) is 0 Å². The summed E-state index contributed by atoms with van der Waals surface area (Å²) < 4.78 is 1.68. The van der Waals surface area contributed by atoms with Crippen LogP contribution in [0.15, 0.2) is 40.9 Å². The second-order valence-electron chi connectivity index (χ2n) is 4.62. The van der Waals surface area contributed by atoms with E-state index in [1.165, 1.54) is 23.6 Å². The molecule has 0 aliphatic rings. The third kappa shape index (κ3) is 2.81. The SMILES string of the molecule is Cc1nc2sccn2c1C(=O)N/N=C\c1ccccc1[N+](=O)[O-]. The maximum Gasteiger partial charge on any atom is 0.290 e. The number of aromatic nitrogens is 2. The number of thiazole rings is 1.